The average Bonchev–Trinajstić information content (AvgIpc) is 3.17. The van der Waals surface area contributed by atoms with E-state index in [0.29, 0.717) is 21.5 Å². The van der Waals surface area contributed by atoms with Gasteiger partial charge in [0.1, 0.15) is 5.75 Å². The lowest BCUT2D eigenvalue weighted by atomic mass is 10.3. The molecular formula is C17H12ClN3O4S. The van der Waals surface area contributed by atoms with Gasteiger partial charge in [0.25, 0.3) is 5.91 Å². The number of nitrogens with zero attached hydrogens (tertiary/aromatic N) is 1. The first-order chi connectivity index (χ1) is 12.6. The number of pyridine rings is 1. The number of imide groups is 1. The second-order valence-electron chi connectivity index (χ2n) is 4.86. The molecule has 26 heavy (non-hydrogen) atoms. The maximum atomic E-state index is 11.8. The van der Waals surface area contributed by atoms with Gasteiger partial charge in [-0.25, -0.2) is 9.78 Å². The van der Waals surface area contributed by atoms with E-state index in [-0.39, 0.29) is 5.76 Å². The fourth-order valence-electron chi connectivity index (χ4n) is 1.85. The number of aromatic nitrogens is 1. The summed E-state index contributed by atoms with van der Waals surface area (Å²) in [6.45, 7) is 0. The number of rotatable bonds is 5. The van der Waals surface area contributed by atoms with E-state index in [0.717, 1.165) is 11.9 Å². The second-order valence-corrected chi connectivity index (χ2v) is 6.17. The van der Waals surface area contributed by atoms with Crippen LogP contribution in [0.4, 0.5) is 4.79 Å². The number of urea groups is 1. The molecule has 3 amide bonds. The molecule has 9 heteroatoms. The lowest BCUT2D eigenvalue weighted by molar-refractivity contribution is 0.0938. The van der Waals surface area contributed by atoms with Crippen LogP contribution in [-0.4, -0.2) is 16.9 Å². The summed E-state index contributed by atoms with van der Waals surface area (Å²) in [6.07, 6.45) is 2.83. The first-order valence-electron chi connectivity index (χ1n) is 7.31. The first kappa shape index (κ1) is 17.8. The van der Waals surface area contributed by atoms with Crippen LogP contribution in [0.1, 0.15) is 10.6 Å². The summed E-state index contributed by atoms with van der Waals surface area (Å²) in [4.78, 5) is 28.2. The van der Waals surface area contributed by atoms with E-state index < -0.39 is 11.9 Å². The van der Waals surface area contributed by atoms with E-state index in [1.807, 2.05) is 0 Å². The van der Waals surface area contributed by atoms with Crippen LogP contribution in [0.3, 0.4) is 0 Å². The Hall–Kier alpha value is -2.97. The molecule has 7 nitrogen and oxygen atoms in total. The molecule has 0 spiro atoms. The van der Waals surface area contributed by atoms with Gasteiger partial charge in [0.15, 0.2) is 5.76 Å². The van der Waals surface area contributed by atoms with Crippen molar-refractivity contribution in [2.45, 2.75) is 4.90 Å². The summed E-state index contributed by atoms with van der Waals surface area (Å²) in [6, 6.07) is 12.7. The fourth-order valence-corrected chi connectivity index (χ4v) is 2.54. The highest BCUT2D eigenvalue weighted by atomic mass is 35.5. The number of furan rings is 1. The molecule has 0 aliphatic rings. The molecule has 0 bridgehead atoms. The van der Waals surface area contributed by atoms with Gasteiger partial charge in [0.05, 0.1) is 11.3 Å². The van der Waals surface area contributed by atoms with Crippen molar-refractivity contribution in [3.63, 3.8) is 0 Å². The van der Waals surface area contributed by atoms with Crippen LogP contribution >= 0.6 is 23.5 Å². The number of hydrogen-bond donors (Lipinski definition) is 2. The van der Waals surface area contributed by atoms with Crippen molar-refractivity contribution in [1.29, 1.82) is 0 Å². The summed E-state index contributed by atoms with van der Waals surface area (Å²) < 4.78 is 13.0. The van der Waals surface area contributed by atoms with E-state index in [1.54, 1.807) is 42.5 Å². The zero-order chi connectivity index (χ0) is 18.4. The lowest BCUT2D eigenvalue weighted by Crippen LogP contribution is -2.36. The van der Waals surface area contributed by atoms with Crippen molar-refractivity contribution in [3.8, 4) is 11.6 Å². The number of benzene rings is 1. The molecule has 2 heterocycles. The molecule has 0 radical (unpaired) electrons. The normalized spacial score (nSPS) is 10.2. The highest BCUT2D eigenvalue weighted by Gasteiger charge is 2.12. The third-order valence-corrected chi connectivity index (χ3v) is 3.96. The van der Waals surface area contributed by atoms with Crippen LogP contribution in [0.2, 0.25) is 5.02 Å². The molecular weight excluding hydrogens is 378 g/mol. The SMILES string of the molecule is O=C(NSc1cccc(Oc2ccc(Cl)cn2)c1)NC(=O)c1ccco1. The van der Waals surface area contributed by atoms with Gasteiger partial charge in [-0.15, -0.1) is 0 Å². The van der Waals surface area contributed by atoms with E-state index in [9.17, 15) is 9.59 Å². The van der Waals surface area contributed by atoms with Crippen LogP contribution < -0.4 is 14.8 Å². The molecule has 132 valence electrons. The van der Waals surface area contributed by atoms with E-state index in [2.05, 4.69) is 15.0 Å². The van der Waals surface area contributed by atoms with Gasteiger partial charge in [0.2, 0.25) is 5.88 Å². The van der Waals surface area contributed by atoms with Crippen LogP contribution in [-0.2, 0) is 0 Å². The van der Waals surface area contributed by atoms with Crippen LogP contribution in [0.25, 0.3) is 0 Å². The number of carbonyl (C=O) groups excluding carboxylic acids is 2. The lowest BCUT2D eigenvalue weighted by Gasteiger charge is -2.08. The molecule has 0 fully saturated rings. The Morgan fingerprint density at radius 3 is 2.77 bits per heavy atom. The average molecular weight is 390 g/mol. The Morgan fingerprint density at radius 2 is 2.04 bits per heavy atom. The Kier molecular flexibility index (Phi) is 5.77. The Bertz CT molecular complexity index is 901. The second kappa shape index (κ2) is 8.41. The number of hydrogen-bond acceptors (Lipinski definition) is 6. The standard InChI is InChI=1S/C17H12ClN3O4S/c18-11-6-7-15(19-10-11)25-12-3-1-4-13(9-12)26-21-17(23)20-16(22)14-5-2-8-24-14/h1-10H,(H2,20,21,22,23). The molecule has 3 rings (SSSR count). The number of nitrogens with one attached hydrogen (secondary N) is 2. The molecule has 1 aromatic carbocycles. The van der Waals surface area contributed by atoms with Gasteiger partial charge < -0.3 is 9.15 Å². The highest BCUT2D eigenvalue weighted by Crippen LogP contribution is 2.25. The van der Waals surface area contributed by atoms with Crippen molar-refractivity contribution in [3.05, 3.63) is 71.8 Å². The van der Waals surface area contributed by atoms with Crippen molar-refractivity contribution in [1.82, 2.24) is 15.0 Å². The van der Waals surface area contributed by atoms with E-state index in [1.165, 1.54) is 18.5 Å². The molecule has 3 aromatic rings. The Labute approximate surface area is 157 Å². The summed E-state index contributed by atoms with van der Waals surface area (Å²) in [5.41, 5.74) is 0. The van der Waals surface area contributed by atoms with Crippen molar-refractivity contribution >= 4 is 35.5 Å². The number of ether oxygens (including phenoxy) is 1. The zero-order valence-corrected chi connectivity index (χ0v) is 14.7. The zero-order valence-electron chi connectivity index (χ0n) is 13.1. The van der Waals surface area contributed by atoms with Gasteiger partial charge in [-0.2, -0.15) is 0 Å². The molecule has 0 saturated heterocycles. The third kappa shape index (κ3) is 5.01. The van der Waals surface area contributed by atoms with Gasteiger partial charge in [-0.3, -0.25) is 14.8 Å². The maximum absolute atomic E-state index is 11.8. The van der Waals surface area contributed by atoms with Crippen LogP contribution in [0.5, 0.6) is 11.6 Å². The minimum absolute atomic E-state index is 0.0519. The maximum Gasteiger partial charge on any atom is 0.332 e. The summed E-state index contributed by atoms with van der Waals surface area (Å²) in [7, 11) is 0. The number of halogens is 1. The van der Waals surface area contributed by atoms with Gasteiger partial charge in [-0.1, -0.05) is 17.7 Å². The topological polar surface area (TPSA) is 93.5 Å². The predicted octanol–water partition coefficient (Wildman–Crippen LogP) is 4.27. The first-order valence-corrected chi connectivity index (χ1v) is 8.51. The largest absolute Gasteiger partial charge is 0.459 e. The van der Waals surface area contributed by atoms with Crippen molar-refractivity contribution < 1.29 is 18.7 Å². The molecule has 0 aliphatic carbocycles. The van der Waals surface area contributed by atoms with Gasteiger partial charge in [-0.05, 0) is 48.3 Å². The smallest absolute Gasteiger partial charge is 0.332 e. The van der Waals surface area contributed by atoms with Gasteiger partial charge in [0, 0.05) is 17.2 Å². The molecule has 0 saturated carbocycles. The molecule has 0 atom stereocenters. The summed E-state index contributed by atoms with van der Waals surface area (Å²) in [5, 5.41) is 2.67. The molecule has 2 N–H and O–H groups in total. The minimum Gasteiger partial charge on any atom is -0.459 e. The Balaban J connectivity index is 1.54. The van der Waals surface area contributed by atoms with Crippen LogP contribution in [0, 0.1) is 0 Å². The summed E-state index contributed by atoms with van der Waals surface area (Å²) >= 11 is 6.81. The number of amides is 3. The van der Waals surface area contributed by atoms with Crippen LogP contribution in [0.15, 0.2) is 70.3 Å². The number of carbonyl (C=O) groups is 2. The fraction of sp³-hybridized carbons (Fsp3) is 0. The van der Waals surface area contributed by atoms with Gasteiger partial charge >= 0.3 is 6.03 Å². The molecule has 0 aliphatic heterocycles. The molecule has 0 unspecified atom stereocenters. The highest BCUT2D eigenvalue weighted by molar-refractivity contribution is 7.98. The molecule has 2 aromatic heterocycles. The predicted molar refractivity (Wildman–Crippen MR) is 96.3 cm³/mol. The van der Waals surface area contributed by atoms with Crippen molar-refractivity contribution in [2.75, 3.05) is 0 Å². The quantitative estimate of drug-likeness (QED) is 0.633. The van der Waals surface area contributed by atoms with Crippen molar-refractivity contribution in [2.24, 2.45) is 0 Å². The van der Waals surface area contributed by atoms with E-state index in [4.69, 9.17) is 20.8 Å². The monoisotopic (exact) mass is 389 g/mol. The Morgan fingerprint density at radius 1 is 1.15 bits per heavy atom. The minimum atomic E-state index is -0.665. The summed E-state index contributed by atoms with van der Waals surface area (Å²) in [5.74, 6) is 0.361. The third-order valence-electron chi connectivity index (χ3n) is 2.96. The van der Waals surface area contributed by atoms with E-state index >= 15 is 0 Å².